The summed E-state index contributed by atoms with van der Waals surface area (Å²) in [5.41, 5.74) is 2.13. The van der Waals surface area contributed by atoms with Gasteiger partial charge in [0.05, 0.1) is 26.4 Å². The monoisotopic (exact) mass is 237 g/mol. The normalized spacial score (nSPS) is 24.6. The molecule has 4 nitrogen and oxygen atoms in total. The van der Waals surface area contributed by atoms with Crippen molar-refractivity contribution in [1.29, 1.82) is 0 Å². The zero-order valence-electron chi connectivity index (χ0n) is 10.5. The number of benzene rings is 1. The van der Waals surface area contributed by atoms with Crippen LogP contribution < -0.4 is 10.1 Å². The fourth-order valence-corrected chi connectivity index (χ4v) is 1.89. The summed E-state index contributed by atoms with van der Waals surface area (Å²) in [6, 6.07) is 6.27. The lowest BCUT2D eigenvalue weighted by atomic mass is 10.1. The summed E-state index contributed by atoms with van der Waals surface area (Å²) in [6.45, 7) is 3.35. The average Bonchev–Trinajstić information content (AvgIpc) is 2.39. The Morgan fingerprint density at radius 3 is 2.59 bits per heavy atom. The van der Waals surface area contributed by atoms with Gasteiger partial charge in [-0.15, -0.1) is 0 Å². The van der Waals surface area contributed by atoms with Gasteiger partial charge in [-0.25, -0.2) is 0 Å². The van der Waals surface area contributed by atoms with E-state index in [0.717, 1.165) is 11.3 Å². The summed E-state index contributed by atoms with van der Waals surface area (Å²) in [5, 5.41) is 3.13. The van der Waals surface area contributed by atoms with Crippen molar-refractivity contribution >= 4 is 0 Å². The van der Waals surface area contributed by atoms with Crippen molar-refractivity contribution in [3.8, 4) is 5.75 Å². The molecule has 94 valence electrons. The Labute approximate surface area is 102 Å². The fraction of sp³-hybridized carbons (Fsp3) is 0.538. The molecule has 0 spiro atoms. The summed E-state index contributed by atoms with van der Waals surface area (Å²) in [5.74, 6) is 0.809. The third-order valence-electron chi connectivity index (χ3n) is 2.94. The van der Waals surface area contributed by atoms with Crippen LogP contribution in [0.4, 0.5) is 0 Å². The number of hydrogen-bond donors (Lipinski definition) is 1. The van der Waals surface area contributed by atoms with Gasteiger partial charge in [0.1, 0.15) is 5.75 Å². The van der Waals surface area contributed by atoms with E-state index >= 15 is 0 Å². The zero-order valence-corrected chi connectivity index (χ0v) is 10.5. The third-order valence-corrected chi connectivity index (χ3v) is 2.94. The van der Waals surface area contributed by atoms with Gasteiger partial charge >= 0.3 is 0 Å². The molecule has 4 heteroatoms. The van der Waals surface area contributed by atoms with Gasteiger partial charge in [0.25, 0.3) is 0 Å². The van der Waals surface area contributed by atoms with Crippen LogP contribution in [0.15, 0.2) is 18.2 Å². The molecule has 1 aliphatic rings. The highest BCUT2D eigenvalue weighted by Gasteiger charge is 2.24. The molecule has 1 aliphatic heterocycles. The van der Waals surface area contributed by atoms with E-state index in [1.165, 1.54) is 5.56 Å². The van der Waals surface area contributed by atoms with Crippen LogP contribution in [0.5, 0.6) is 5.75 Å². The van der Waals surface area contributed by atoms with E-state index in [2.05, 4.69) is 5.32 Å². The molecule has 1 N–H and O–H groups in total. The molecule has 1 fully saturated rings. The van der Waals surface area contributed by atoms with Gasteiger partial charge in [-0.3, -0.25) is 0 Å². The second-order valence-electron chi connectivity index (χ2n) is 4.23. The van der Waals surface area contributed by atoms with E-state index in [4.69, 9.17) is 14.2 Å². The molecule has 1 saturated heterocycles. The van der Waals surface area contributed by atoms with E-state index in [9.17, 15) is 0 Å². The van der Waals surface area contributed by atoms with Crippen LogP contribution in [0.2, 0.25) is 0 Å². The van der Waals surface area contributed by atoms with Crippen molar-refractivity contribution in [2.45, 2.75) is 19.3 Å². The molecular formula is C13H19NO3. The van der Waals surface area contributed by atoms with Crippen molar-refractivity contribution < 1.29 is 14.2 Å². The number of aryl methyl sites for hydroxylation is 1. The van der Waals surface area contributed by atoms with Gasteiger partial charge in [-0.05, 0) is 26.1 Å². The van der Waals surface area contributed by atoms with Gasteiger partial charge in [0.2, 0.25) is 0 Å². The van der Waals surface area contributed by atoms with Gasteiger partial charge in [-0.2, -0.15) is 0 Å². The first kappa shape index (κ1) is 12.4. The Hall–Kier alpha value is -1.10. The first-order valence-electron chi connectivity index (χ1n) is 5.79. The Balaban J connectivity index is 2.14. The van der Waals surface area contributed by atoms with Gasteiger partial charge in [-0.1, -0.05) is 11.6 Å². The van der Waals surface area contributed by atoms with Gasteiger partial charge < -0.3 is 19.5 Å². The summed E-state index contributed by atoms with van der Waals surface area (Å²) in [7, 11) is 3.57. The Bertz CT molecular complexity index is 373. The van der Waals surface area contributed by atoms with Gasteiger partial charge in [0.15, 0.2) is 6.29 Å². The molecule has 0 bridgehead atoms. The van der Waals surface area contributed by atoms with Crippen LogP contribution in [-0.4, -0.2) is 33.4 Å². The number of ether oxygens (including phenoxy) is 3. The van der Waals surface area contributed by atoms with Crippen LogP contribution in [0, 0.1) is 6.92 Å². The molecule has 2 rings (SSSR count). The second kappa shape index (κ2) is 5.49. The van der Waals surface area contributed by atoms with E-state index in [1.54, 1.807) is 7.11 Å². The SMILES string of the molecule is CNC1COC(c2cc(C)ccc2OC)OC1. The maximum absolute atomic E-state index is 5.70. The molecular weight excluding hydrogens is 218 g/mol. The van der Waals surface area contributed by atoms with Crippen molar-refractivity contribution in [1.82, 2.24) is 5.32 Å². The molecule has 1 aromatic carbocycles. The minimum atomic E-state index is -0.325. The highest BCUT2D eigenvalue weighted by atomic mass is 16.7. The maximum Gasteiger partial charge on any atom is 0.187 e. The fourth-order valence-electron chi connectivity index (χ4n) is 1.89. The number of rotatable bonds is 3. The quantitative estimate of drug-likeness (QED) is 0.867. The molecule has 0 atom stereocenters. The largest absolute Gasteiger partial charge is 0.496 e. The smallest absolute Gasteiger partial charge is 0.187 e. The lowest BCUT2D eigenvalue weighted by Crippen LogP contribution is -2.40. The van der Waals surface area contributed by atoms with E-state index in [0.29, 0.717) is 13.2 Å². The predicted octanol–water partition coefficient (Wildman–Crippen LogP) is 1.64. The molecule has 0 unspecified atom stereocenters. The van der Waals surface area contributed by atoms with E-state index in [-0.39, 0.29) is 12.3 Å². The van der Waals surface area contributed by atoms with Crippen molar-refractivity contribution in [2.75, 3.05) is 27.4 Å². The van der Waals surface area contributed by atoms with Crippen molar-refractivity contribution in [3.63, 3.8) is 0 Å². The van der Waals surface area contributed by atoms with Crippen LogP contribution in [0.1, 0.15) is 17.4 Å². The first-order valence-corrected chi connectivity index (χ1v) is 5.79. The maximum atomic E-state index is 5.70. The highest BCUT2D eigenvalue weighted by molar-refractivity contribution is 5.37. The highest BCUT2D eigenvalue weighted by Crippen LogP contribution is 2.31. The molecule has 0 aromatic heterocycles. The van der Waals surface area contributed by atoms with Crippen molar-refractivity contribution in [3.05, 3.63) is 29.3 Å². The number of nitrogens with one attached hydrogen (secondary N) is 1. The molecule has 0 radical (unpaired) electrons. The molecule has 1 aromatic rings. The molecule has 0 amide bonds. The third kappa shape index (κ3) is 2.77. The Morgan fingerprint density at radius 1 is 1.29 bits per heavy atom. The lowest BCUT2D eigenvalue weighted by molar-refractivity contribution is -0.194. The molecule has 0 aliphatic carbocycles. The summed E-state index contributed by atoms with van der Waals surface area (Å²) in [4.78, 5) is 0. The first-order chi connectivity index (χ1) is 8.24. The second-order valence-corrected chi connectivity index (χ2v) is 4.23. The van der Waals surface area contributed by atoms with E-state index in [1.807, 2.05) is 32.2 Å². The summed E-state index contributed by atoms with van der Waals surface area (Å²) >= 11 is 0. The average molecular weight is 237 g/mol. The number of methoxy groups -OCH3 is 1. The Kier molecular flexibility index (Phi) is 3.99. The topological polar surface area (TPSA) is 39.7 Å². The van der Waals surface area contributed by atoms with E-state index < -0.39 is 0 Å². The minimum absolute atomic E-state index is 0.266. The number of likely N-dealkylation sites (N-methyl/N-ethyl adjacent to an activating group) is 1. The molecule has 0 saturated carbocycles. The zero-order chi connectivity index (χ0) is 12.3. The predicted molar refractivity (Wildman–Crippen MR) is 65.2 cm³/mol. The van der Waals surface area contributed by atoms with Crippen LogP contribution in [0.25, 0.3) is 0 Å². The van der Waals surface area contributed by atoms with Crippen LogP contribution in [0.3, 0.4) is 0 Å². The van der Waals surface area contributed by atoms with Crippen LogP contribution >= 0.6 is 0 Å². The summed E-state index contributed by atoms with van der Waals surface area (Å²) < 4.78 is 16.7. The standard InChI is InChI=1S/C13H19NO3/c1-9-4-5-12(15-3)11(6-9)13-16-7-10(14-2)8-17-13/h4-6,10,13-14H,7-8H2,1-3H3. The van der Waals surface area contributed by atoms with Crippen LogP contribution in [-0.2, 0) is 9.47 Å². The molecule has 17 heavy (non-hydrogen) atoms. The lowest BCUT2D eigenvalue weighted by Gasteiger charge is -2.30. The Morgan fingerprint density at radius 2 is 2.00 bits per heavy atom. The van der Waals surface area contributed by atoms with Crippen molar-refractivity contribution in [2.24, 2.45) is 0 Å². The van der Waals surface area contributed by atoms with Gasteiger partial charge in [0, 0.05) is 5.56 Å². The number of hydrogen-bond acceptors (Lipinski definition) is 4. The summed E-state index contributed by atoms with van der Waals surface area (Å²) in [6.07, 6.45) is -0.325. The minimum Gasteiger partial charge on any atom is -0.496 e. The molecule has 1 heterocycles.